The van der Waals surface area contributed by atoms with E-state index < -0.39 is 41.4 Å². The van der Waals surface area contributed by atoms with Crippen molar-refractivity contribution < 1.29 is 33.4 Å². The highest BCUT2D eigenvalue weighted by molar-refractivity contribution is 6.08. The Morgan fingerprint density at radius 1 is 0.604 bits per heavy atom. The van der Waals surface area contributed by atoms with Crippen LogP contribution in [0.15, 0.2) is 121 Å². The first kappa shape index (κ1) is 35.5. The molecule has 5 N–H and O–H groups in total. The minimum Gasteiger partial charge on any atom is -0.460 e. The van der Waals surface area contributed by atoms with Crippen molar-refractivity contribution in [3.05, 3.63) is 144 Å². The molecule has 1 amide bonds. The molecule has 0 spiro atoms. The Bertz CT molecular complexity index is 1600. The fourth-order valence-electron chi connectivity index (χ4n) is 4.87. The van der Waals surface area contributed by atoms with Gasteiger partial charge in [0.2, 0.25) is 0 Å². The van der Waals surface area contributed by atoms with Crippen LogP contribution in [0.2, 0.25) is 0 Å². The van der Waals surface area contributed by atoms with Gasteiger partial charge in [0.05, 0.1) is 0 Å². The SMILES string of the molecule is NC(CCC[C@](N)(C(=O)N[C@@H](Cc1ccccc1)C(=O)OCc1ccccc1)C(=O)OCc1ccccc1)C(=O)OCc1ccccc1. The molecule has 0 heterocycles. The minimum absolute atomic E-state index is 0.00796. The standard InChI is InChI=1S/C38H41N3O7/c39-32(34(42)46-25-29-16-7-2-8-17-29)22-13-23-38(40,37(45)48-27-31-20-11-4-12-21-31)36(44)41-33(24-28-14-5-1-6-15-28)35(43)47-26-30-18-9-3-10-19-30/h1-12,14-21,32-33H,13,22-27,39-40H2,(H,41,44)/t32?,33-,38-/m0/s1. The summed E-state index contributed by atoms with van der Waals surface area (Å²) in [6, 6.07) is 34.1. The molecule has 0 aliphatic heterocycles. The lowest BCUT2D eigenvalue weighted by Gasteiger charge is -2.29. The van der Waals surface area contributed by atoms with E-state index in [2.05, 4.69) is 5.32 Å². The number of amides is 1. The van der Waals surface area contributed by atoms with Crippen molar-refractivity contribution in [1.82, 2.24) is 5.32 Å². The number of benzene rings is 4. The van der Waals surface area contributed by atoms with Crippen LogP contribution in [-0.4, -0.2) is 41.4 Å². The summed E-state index contributed by atoms with van der Waals surface area (Å²) in [4.78, 5) is 53.3. The van der Waals surface area contributed by atoms with Gasteiger partial charge in [0.1, 0.15) is 31.9 Å². The summed E-state index contributed by atoms with van der Waals surface area (Å²) in [5.74, 6) is -3.22. The van der Waals surface area contributed by atoms with Crippen LogP contribution in [-0.2, 0) is 59.6 Å². The molecule has 3 atom stereocenters. The van der Waals surface area contributed by atoms with E-state index in [9.17, 15) is 19.2 Å². The highest BCUT2D eigenvalue weighted by atomic mass is 16.5. The van der Waals surface area contributed by atoms with Crippen molar-refractivity contribution >= 4 is 23.8 Å². The topological polar surface area (TPSA) is 160 Å². The second-order valence-electron chi connectivity index (χ2n) is 11.4. The predicted molar refractivity (Wildman–Crippen MR) is 180 cm³/mol. The number of nitrogens with one attached hydrogen (secondary N) is 1. The maximum absolute atomic E-state index is 13.9. The number of ether oxygens (including phenoxy) is 3. The maximum atomic E-state index is 13.9. The fourth-order valence-corrected chi connectivity index (χ4v) is 4.87. The second-order valence-corrected chi connectivity index (χ2v) is 11.4. The number of carbonyl (C=O) groups is 4. The van der Waals surface area contributed by atoms with E-state index in [1.165, 1.54) is 0 Å². The van der Waals surface area contributed by atoms with Crippen LogP contribution < -0.4 is 16.8 Å². The normalized spacial score (nSPS) is 13.3. The van der Waals surface area contributed by atoms with E-state index in [1.807, 2.05) is 97.1 Å². The molecular formula is C38H41N3O7. The zero-order valence-electron chi connectivity index (χ0n) is 26.7. The molecule has 0 radical (unpaired) electrons. The van der Waals surface area contributed by atoms with Gasteiger partial charge in [-0.3, -0.25) is 9.59 Å². The average molecular weight is 652 g/mol. The molecule has 0 saturated carbocycles. The van der Waals surface area contributed by atoms with Crippen LogP contribution in [0.4, 0.5) is 0 Å². The van der Waals surface area contributed by atoms with Crippen LogP contribution in [0.3, 0.4) is 0 Å². The molecule has 0 bridgehead atoms. The molecule has 250 valence electrons. The molecule has 1 unspecified atom stereocenters. The molecule has 4 aromatic carbocycles. The molecule has 0 aliphatic carbocycles. The first-order valence-electron chi connectivity index (χ1n) is 15.8. The summed E-state index contributed by atoms with van der Waals surface area (Å²) in [6.45, 7) is -0.0681. The summed E-state index contributed by atoms with van der Waals surface area (Å²) in [7, 11) is 0. The molecule has 0 fully saturated rings. The highest BCUT2D eigenvalue weighted by Crippen LogP contribution is 2.19. The Morgan fingerprint density at radius 3 is 1.50 bits per heavy atom. The van der Waals surface area contributed by atoms with Gasteiger partial charge in [-0.2, -0.15) is 0 Å². The molecule has 0 aromatic heterocycles. The van der Waals surface area contributed by atoms with Crippen LogP contribution >= 0.6 is 0 Å². The summed E-state index contributed by atoms with van der Waals surface area (Å²) in [5.41, 5.74) is 13.5. The fraction of sp³-hybridized carbons (Fsp3) is 0.263. The third-order valence-corrected chi connectivity index (χ3v) is 7.69. The van der Waals surface area contributed by atoms with Crippen molar-refractivity contribution in [3.63, 3.8) is 0 Å². The maximum Gasteiger partial charge on any atom is 0.336 e. The highest BCUT2D eigenvalue weighted by Gasteiger charge is 2.45. The van der Waals surface area contributed by atoms with Gasteiger partial charge in [-0.05, 0) is 41.5 Å². The Balaban J connectivity index is 1.46. The van der Waals surface area contributed by atoms with E-state index in [-0.39, 0.29) is 45.5 Å². The van der Waals surface area contributed by atoms with Gasteiger partial charge in [-0.1, -0.05) is 121 Å². The number of hydrogen-bond donors (Lipinski definition) is 3. The molecule has 0 aliphatic rings. The van der Waals surface area contributed by atoms with Crippen molar-refractivity contribution in [1.29, 1.82) is 0 Å². The van der Waals surface area contributed by atoms with Crippen LogP contribution in [0.25, 0.3) is 0 Å². The van der Waals surface area contributed by atoms with E-state index in [0.29, 0.717) is 5.56 Å². The van der Waals surface area contributed by atoms with Gasteiger partial charge < -0.3 is 31.0 Å². The minimum atomic E-state index is -2.21. The van der Waals surface area contributed by atoms with Crippen LogP contribution in [0.1, 0.15) is 41.5 Å². The van der Waals surface area contributed by atoms with Gasteiger partial charge in [0.25, 0.3) is 5.91 Å². The van der Waals surface area contributed by atoms with Crippen molar-refractivity contribution in [3.8, 4) is 0 Å². The largest absolute Gasteiger partial charge is 0.460 e. The van der Waals surface area contributed by atoms with Crippen molar-refractivity contribution in [2.24, 2.45) is 11.5 Å². The molecule has 48 heavy (non-hydrogen) atoms. The number of nitrogens with two attached hydrogens (primary N) is 2. The molecular weight excluding hydrogens is 610 g/mol. The lowest BCUT2D eigenvalue weighted by atomic mass is 9.90. The predicted octanol–water partition coefficient (Wildman–Crippen LogP) is 4.14. The average Bonchev–Trinajstić information content (AvgIpc) is 3.13. The molecule has 10 nitrogen and oxygen atoms in total. The zero-order chi connectivity index (χ0) is 34.2. The lowest BCUT2D eigenvalue weighted by Crippen LogP contribution is -2.63. The van der Waals surface area contributed by atoms with Crippen LogP contribution in [0, 0.1) is 0 Å². The molecule has 4 rings (SSSR count). The third-order valence-electron chi connectivity index (χ3n) is 7.69. The van der Waals surface area contributed by atoms with Gasteiger partial charge >= 0.3 is 17.9 Å². The van der Waals surface area contributed by atoms with Gasteiger partial charge in [0, 0.05) is 6.42 Å². The monoisotopic (exact) mass is 651 g/mol. The number of carbonyl (C=O) groups excluding carboxylic acids is 4. The van der Waals surface area contributed by atoms with E-state index >= 15 is 0 Å². The van der Waals surface area contributed by atoms with Crippen molar-refractivity contribution in [2.75, 3.05) is 0 Å². The Morgan fingerprint density at radius 2 is 1.02 bits per heavy atom. The Labute approximate surface area is 280 Å². The first-order valence-corrected chi connectivity index (χ1v) is 15.8. The Hall–Kier alpha value is -5.32. The smallest absolute Gasteiger partial charge is 0.336 e. The molecule has 10 heteroatoms. The molecule has 0 saturated heterocycles. The first-order chi connectivity index (χ1) is 23.2. The van der Waals surface area contributed by atoms with Crippen LogP contribution in [0.5, 0.6) is 0 Å². The van der Waals surface area contributed by atoms with Gasteiger partial charge in [0.15, 0.2) is 5.54 Å². The number of esters is 3. The zero-order valence-corrected chi connectivity index (χ0v) is 26.7. The van der Waals surface area contributed by atoms with Gasteiger partial charge in [-0.15, -0.1) is 0 Å². The summed E-state index contributed by atoms with van der Waals surface area (Å²) < 4.78 is 16.4. The van der Waals surface area contributed by atoms with E-state index in [4.69, 9.17) is 25.7 Å². The second kappa shape index (κ2) is 18.1. The Kier molecular flexibility index (Phi) is 13.4. The quantitative estimate of drug-likeness (QED) is 0.0866. The summed E-state index contributed by atoms with van der Waals surface area (Å²) in [6.07, 6.45) is 0.0584. The molecule has 4 aromatic rings. The number of hydrogen-bond acceptors (Lipinski definition) is 9. The third kappa shape index (κ3) is 10.9. The van der Waals surface area contributed by atoms with E-state index in [0.717, 1.165) is 16.7 Å². The lowest BCUT2D eigenvalue weighted by molar-refractivity contribution is -0.158. The van der Waals surface area contributed by atoms with Crippen molar-refractivity contribution in [2.45, 2.75) is 63.1 Å². The summed E-state index contributed by atoms with van der Waals surface area (Å²) >= 11 is 0. The summed E-state index contributed by atoms with van der Waals surface area (Å²) in [5, 5.41) is 2.66. The van der Waals surface area contributed by atoms with Gasteiger partial charge in [-0.25, -0.2) is 9.59 Å². The number of rotatable bonds is 17. The van der Waals surface area contributed by atoms with E-state index in [1.54, 1.807) is 24.3 Å².